The van der Waals surface area contributed by atoms with Gasteiger partial charge in [-0.15, -0.1) is 0 Å². The second-order valence-corrected chi connectivity index (χ2v) is 6.35. The maximum absolute atomic E-state index is 12.8. The number of anilines is 1. The smallest absolute Gasteiger partial charge is 0.295 e. The van der Waals surface area contributed by atoms with Gasteiger partial charge in [0.15, 0.2) is 17.3 Å². The number of aromatic nitrogens is 4. The SMILES string of the molecule is CCN1CCN(C2CN(c3ncnc4nc(C(F)F)[nH]c34)C2)CC1. The lowest BCUT2D eigenvalue weighted by molar-refractivity contribution is 0.0860. The fourth-order valence-electron chi connectivity index (χ4n) is 3.48. The van der Waals surface area contributed by atoms with Gasteiger partial charge in [0.25, 0.3) is 6.43 Å². The molecule has 0 unspecified atom stereocenters. The van der Waals surface area contributed by atoms with E-state index < -0.39 is 6.43 Å². The summed E-state index contributed by atoms with van der Waals surface area (Å²) in [6, 6.07) is 0.506. The largest absolute Gasteiger partial charge is 0.351 e. The minimum absolute atomic E-state index is 0.301. The fraction of sp³-hybridized carbons (Fsp3) is 0.667. The van der Waals surface area contributed by atoms with Gasteiger partial charge in [-0.1, -0.05) is 6.92 Å². The number of likely N-dealkylation sites (N-methyl/N-ethyl adjacent to an activating group) is 1. The maximum atomic E-state index is 12.8. The average Bonchev–Trinajstić information content (AvgIpc) is 2.99. The molecule has 0 amide bonds. The van der Waals surface area contributed by atoms with Crippen molar-refractivity contribution in [1.82, 2.24) is 29.7 Å². The van der Waals surface area contributed by atoms with Gasteiger partial charge in [0.2, 0.25) is 0 Å². The molecule has 2 saturated heterocycles. The first-order valence-electron chi connectivity index (χ1n) is 8.35. The summed E-state index contributed by atoms with van der Waals surface area (Å²) >= 11 is 0. The Labute approximate surface area is 138 Å². The Kier molecular flexibility index (Phi) is 4.05. The zero-order valence-corrected chi connectivity index (χ0v) is 13.6. The predicted molar refractivity (Wildman–Crippen MR) is 86.3 cm³/mol. The summed E-state index contributed by atoms with van der Waals surface area (Å²) in [6.07, 6.45) is -1.24. The summed E-state index contributed by atoms with van der Waals surface area (Å²) in [6.45, 7) is 9.43. The van der Waals surface area contributed by atoms with E-state index in [4.69, 9.17) is 0 Å². The van der Waals surface area contributed by atoms with Crippen molar-refractivity contribution in [2.45, 2.75) is 19.4 Å². The summed E-state index contributed by atoms with van der Waals surface area (Å²) in [7, 11) is 0. The van der Waals surface area contributed by atoms with E-state index in [0.717, 1.165) is 45.8 Å². The third kappa shape index (κ3) is 2.71. The van der Waals surface area contributed by atoms with Gasteiger partial charge >= 0.3 is 0 Å². The van der Waals surface area contributed by atoms with E-state index >= 15 is 0 Å². The molecule has 2 aliphatic heterocycles. The Hall–Kier alpha value is -1.87. The standard InChI is InChI=1S/C15H21F2N7/c1-2-22-3-5-23(6-4-22)10-7-24(8-10)15-11-13(18-9-19-15)21-14(20-11)12(16)17/h9-10,12H,2-8H2,1H3,(H,18,19,20,21). The van der Waals surface area contributed by atoms with Crippen LogP contribution in [-0.4, -0.2) is 81.6 Å². The van der Waals surface area contributed by atoms with E-state index in [0.29, 0.717) is 23.0 Å². The number of hydrogen-bond donors (Lipinski definition) is 1. The molecule has 0 bridgehead atoms. The molecule has 0 aliphatic carbocycles. The third-order valence-corrected chi connectivity index (χ3v) is 5.03. The highest BCUT2D eigenvalue weighted by atomic mass is 19.3. The molecular weight excluding hydrogens is 316 g/mol. The lowest BCUT2D eigenvalue weighted by Gasteiger charge is -2.48. The lowest BCUT2D eigenvalue weighted by Crippen LogP contribution is -2.63. The Morgan fingerprint density at radius 2 is 1.96 bits per heavy atom. The first kappa shape index (κ1) is 15.6. The van der Waals surface area contributed by atoms with Crippen LogP contribution in [0.4, 0.5) is 14.6 Å². The zero-order valence-electron chi connectivity index (χ0n) is 13.6. The molecule has 0 saturated carbocycles. The fourth-order valence-corrected chi connectivity index (χ4v) is 3.48. The summed E-state index contributed by atoms with van der Waals surface area (Å²) in [5.41, 5.74) is 0.803. The number of imidazole rings is 1. The Morgan fingerprint density at radius 1 is 1.21 bits per heavy atom. The Bertz CT molecular complexity index is 705. The van der Waals surface area contributed by atoms with E-state index in [2.05, 4.69) is 41.6 Å². The van der Waals surface area contributed by atoms with Gasteiger partial charge in [-0.3, -0.25) is 4.90 Å². The average molecular weight is 337 g/mol. The van der Waals surface area contributed by atoms with Crippen LogP contribution in [-0.2, 0) is 0 Å². The van der Waals surface area contributed by atoms with Crippen molar-refractivity contribution in [3.63, 3.8) is 0 Å². The van der Waals surface area contributed by atoms with E-state index in [1.807, 2.05) is 0 Å². The van der Waals surface area contributed by atoms with Crippen molar-refractivity contribution in [3.05, 3.63) is 12.2 Å². The molecule has 130 valence electrons. The quantitative estimate of drug-likeness (QED) is 0.902. The Balaban J connectivity index is 1.44. The van der Waals surface area contributed by atoms with E-state index in [1.54, 1.807) is 0 Å². The molecule has 0 atom stereocenters. The number of alkyl halides is 2. The van der Waals surface area contributed by atoms with Gasteiger partial charge in [0.1, 0.15) is 11.8 Å². The van der Waals surface area contributed by atoms with Crippen LogP contribution in [0.1, 0.15) is 19.2 Å². The van der Waals surface area contributed by atoms with Crippen molar-refractivity contribution in [1.29, 1.82) is 0 Å². The number of piperazine rings is 1. The van der Waals surface area contributed by atoms with Gasteiger partial charge < -0.3 is 14.8 Å². The molecule has 2 aromatic rings. The number of hydrogen-bond acceptors (Lipinski definition) is 6. The maximum Gasteiger partial charge on any atom is 0.295 e. The van der Waals surface area contributed by atoms with Crippen LogP contribution in [0, 0.1) is 0 Å². The lowest BCUT2D eigenvalue weighted by atomic mass is 10.1. The van der Waals surface area contributed by atoms with Crippen LogP contribution >= 0.6 is 0 Å². The van der Waals surface area contributed by atoms with Gasteiger partial charge in [-0.05, 0) is 6.54 Å². The normalized spacial score (nSPS) is 20.9. The molecule has 2 aliphatic rings. The number of rotatable bonds is 4. The molecule has 0 radical (unpaired) electrons. The number of halogens is 2. The first-order valence-corrected chi connectivity index (χ1v) is 8.35. The number of nitrogens with one attached hydrogen (secondary N) is 1. The van der Waals surface area contributed by atoms with Gasteiger partial charge in [0, 0.05) is 45.3 Å². The topological polar surface area (TPSA) is 64.2 Å². The van der Waals surface area contributed by atoms with E-state index in [-0.39, 0.29) is 5.82 Å². The summed E-state index contributed by atoms with van der Waals surface area (Å²) < 4.78 is 25.7. The molecule has 9 heteroatoms. The minimum atomic E-state index is -2.63. The molecule has 7 nitrogen and oxygen atoms in total. The van der Waals surface area contributed by atoms with Crippen molar-refractivity contribution in [3.8, 4) is 0 Å². The highest BCUT2D eigenvalue weighted by Gasteiger charge is 2.35. The highest BCUT2D eigenvalue weighted by molar-refractivity contribution is 5.83. The van der Waals surface area contributed by atoms with Gasteiger partial charge in [-0.2, -0.15) is 0 Å². The van der Waals surface area contributed by atoms with Gasteiger partial charge in [-0.25, -0.2) is 23.7 Å². The summed E-state index contributed by atoms with van der Waals surface area (Å²) in [5.74, 6) is 0.322. The van der Waals surface area contributed by atoms with Crippen molar-refractivity contribution in [2.75, 3.05) is 50.7 Å². The van der Waals surface area contributed by atoms with Crippen molar-refractivity contribution in [2.24, 2.45) is 0 Å². The molecular formula is C15H21F2N7. The highest BCUT2D eigenvalue weighted by Crippen LogP contribution is 2.29. The molecule has 0 aromatic carbocycles. The van der Waals surface area contributed by atoms with E-state index in [9.17, 15) is 8.78 Å². The van der Waals surface area contributed by atoms with Crippen LogP contribution in [0.15, 0.2) is 6.33 Å². The molecule has 24 heavy (non-hydrogen) atoms. The monoisotopic (exact) mass is 337 g/mol. The number of fused-ring (bicyclic) bond motifs is 1. The second kappa shape index (κ2) is 6.21. The first-order chi connectivity index (χ1) is 11.7. The molecule has 1 N–H and O–H groups in total. The molecule has 2 aromatic heterocycles. The van der Waals surface area contributed by atoms with Crippen LogP contribution in [0.3, 0.4) is 0 Å². The minimum Gasteiger partial charge on any atom is -0.351 e. The number of H-pyrrole nitrogens is 1. The van der Waals surface area contributed by atoms with Crippen LogP contribution in [0.5, 0.6) is 0 Å². The molecule has 0 spiro atoms. The van der Waals surface area contributed by atoms with Gasteiger partial charge in [0.05, 0.1) is 0 Å². The number of nitrogens with zero attached hydrogens (tertiary/aromatic N) is 6. The molecule has 4 rings (SSSR count). The Morgan fingerprint density at radius 3 is 2.62 bits per heavy atom. The molecule has 4 heterocycles. The predicted octanol–water partition coefficient (Wildman–Crippen LogP) is 1.12. The summed E-state index contributed by atoms with van der Waals surface area (Å²) in [4.78, 5) is 21.8. The van der Waals surface area contributed by atoms with Crippen LogP contribution < -0.4 is 4.90 Å². The zero-order chi connectivity index (χ0) is 16.7. The number of aromatic amines is 1. The van der Waals surface area contributed by atoms with Crippen molar-refractivity contribution < 1.29 is 8.78 Å². The third-order valence-electron chi connectivity index (χ3n) is 5.03. The molecule has 2 fully saturated rings. The van der Waals surface area contributed by atoms with E-state index in [1.165, 1.54) is 6.33 Å². The van der Waals surface area contributed by atoms with Crippen LogP contribution in [0.2, 0.25) is 0 Å². The van der Waals surface area contributed by atoms with Crippen molar-refractivity contribution >= 4 is 17.0 Å². The second-order valence-electron chi connectivity index (χ2n) is 6.35. The van der Waals surface area contributed by atoms with Crippen LogP contribution in [0.25, 0.3) is 11.2 Å². The summed E-state index contributed by atoms with van der Waals surface area (Å²) in [5, 5.41) is 0.